The SMILES string of the molecule is CC1=NN(c2ccc(Cl)cc2)C(=O)/C1=C/c1ccc(OCc2ccccc2)cc1. The summed E-state index contributed by atoms with van der Waals surface area (Å²) in [6, 6.07) is 24.7. The van der Waals surface area contributed by atoms with Gasteiger partial charge in [0.15, 0.2) is 0 Å². The molecule has 0 saturated heterocycles. The molecule has 0 aliphatic carbocycles. The topological polar surface area (TPSA) is 41.9 Å². The van der Waals surface area contributed by atoms with Crippen molar-refractivity contribution in [1.82, 2.24) is 0 Å². The van der Waals surface area contributed by atoms with E-state index in [1.165, 1.54) is 5.01 Å². The predicted octanol–water partition coefficient (Wildman–Crippen LogP) is 5.73. The summed E-state index contributed by atoms with van der Waals surface area (Å²) < 4.78 is 5.81. The van der Waals surface area contributed by atoms with Crippen LogP contribution in [0.4, 0.5) is 5.69 Å². The second-order valence-electron chi connectivity index (χ2n) is 6.68. The van der Waals surface area contributed by atoms with Crippen LogP contribution in [0.5, 0.6) is 5.75 Å². The number of anilines is 1. The lowest BCUT2D eigenvalue weighted by atomic mass is 10.1. The maximum atomic E-state index is 12.8. The number of hydrazone groups is 1. The number of amides is 1. The van der Waals surface area contributed by atoms with E-state index in [-0.39, 0.29) is 5.91 Å². The van der Waals surface area contributed by atoms with Crippen LogP contribution in [0.1, 0.15) is 18.1 Å². The third-order valence-electron chi connectivity index (χ3n) is 4.57. The molecule has 29 heavy (non-hydrogen) atoms. The second-order valence-corrected chi connectivity index (χ2v) is 7.12. The molecule has 0 spiro atoms. The number of ether oxygens (including phenoxy) is 1. The number of rotatable bonds is 5. The fourth-order valence-corrected chi connectivity index (χ4v) is 3.14. The Morgan fingerprint density at radius 2 is 1.66 bits per heavy atom. The maximum absolute atomic E-state index is 12.8. The van der Waals surface area contributed by atoms with Gasteiger partial charge in [0.2, 0.25) is 0 Å². The predicted molar refractivity (Wildman–Crippen MR) is 117 cm³/mol. The largest absolute Gasteiger partial charge is 0.489 e. The number of hydrogen-bond donors (Lipinski definition) is 0. The number of benzene rings is 3. The van der Waals surface area contributed by atoms with Crippen molar-refractivity contribution in [3.63, 3.8) is 0 Å². The molecule has 1 aliphatic heterocycles. The van der Waals surface area contributed by atoms with Crippen molar-refractivity contribution in [2.45, 2.75) is 13.5 Å². The molecule has 0 bridgehead atoms. The number of halogens is 1. The van der Waals surface area contributed by atoms with Gasteiger partial charge in [0.05, 0.1) is 17.0 Å². The molecule has 4 rings (SSSR count). The van der Waals surface area contributed by atoms with Gasteiger partial charge in [0.25, 0.3) is 5.91 Å². The molecule has 0 aromatic heterocycles. The van der Waals surface area contributed by atoms with Crippen LogP contribution in [0, 0.1) is 0 Å². The van der Waals surface area contributed by atoms with E-state index < -0.39 is 0 Å². The third kappa shape index (κ3) is 4.39. The first-order valence-electron chi connectivity index (χ1n) is 9.24. The minimum atomic E-state index is -0.158. The van der Waals surface area contributed by atoms with E-state index in [1.807, 2.05) is 67.6 Å². The summed E-state index contributed by atoms with van der Waals surface area (Å²) in [5, 5.41) is 6.41. The Balaban J connectivity index is 1.47. The van der Waals surface area contributed by atoms with E-state index in [0.29, 0.717) is 28.6 Å². The lowest BCUT2D eigenvalue weighted by molar-refractivity contribution is -0.114. The number of nitrogens with zero attached hydrogens (tertiary/aromatic N) is 2. The summed E-state index contributed by atoms with van der Waals surface area (Å²) in [6.45, 7) is 2.35. The molecule has 3 aromatic rings. The Labute approximate surface area is 174 Å². The highest BCUT2D eigenvalue weighted by Gasteiger charge is 2.28. The zero-order valence-corrected chi connectivity index (χ0v) is 16.6. The minimum Gasteiger partial charge on any atom is -0.489 e. The number of hydrogen-bond acceptors (Lipinski definition) is 3. The van der Waals surface area contributed by atoms with Gasteiger partial charge in [-0.1, -0.05) is 54.1 Å². The molecule has 1 aliphatic rings. The first-order chi connectivity index (χ1) is 14.1. The van der Waals surface area contributed by atoms with Gasteiger partial charge in [-0.2, -0.15) is 10.1 Å². The lowest BCUT2D eigenvalue weighted by Crippen LogP contribution is -2.21. The molecule has 1 amide bonds. The Morgan fingerprint density at radius 1 is 0.966 bits per heavy atom. The van der Waals surface area contributed by atoms with Crippen molar-refractivity contribution in [1.29, 1.82) is 0 Å². The average Bonchev–Trinajstić information content (AvgIpc) is 3.03. The van der Waals surface area contributed by atoms with Crippen LogP contribution in [0.3, 0.4) is 0 Å². The molecule has 1 heterocycles. The van der Waals surface area contributed by atoms with Gasteiger partial charge in [-0.05, 0) is 60.5 Å². The molecular formula is C24H19ClN2O2. The van der Waals surface area contributed by atoms with Crippen molar-refractivity contribution in [2.24, 2.45) is 5.10 Å². The number of carbonyl (C=O) groups is 1. The van der Waals surface area contributed by atoms with Crippen LogP contribution in [0.2, 0.25) is 5.02 Å². The summed E-state index contributed by atoms with van der Waals surface area (Å²) >= 11 is 5.93. The quantitative estimate of drug-likeness (QED) is 0.512. The molecule has 0 N–H and O–H groups in total. The van der Waals surface area contributed by atoms with Gasteiger partial charge in [0, 0.05) is 5.02 Å². The van der Waals surface area contributed by atoms with E-state index in [2.05, 4.69) is 5.10 Å². The molecule has 4 nitrogen and oxygen atoms in total. The lowest BCUT2D eigenvalue weighted by Gasteiger charge is -2.11. The van der Waals surface area contributed by atoms with Crippen LogP contribution in [-0.4, -0.2) is 11.6 Å². The fourth-order valence-electron chi connectivity index (χ4n) is 3.01. The van der Waals surface area contributed by atoms with E-state index in [9.17, 15) is 4.79 Å². The summed E-state index contributed by atoms with van der Waals surface area (Å²) in [7, 11) is 0. The van der Waals surface area contributed by atoms with Crippen LogP contribution < -0.4 is 9.75 Å². The van der Waals surface area contributed by atoms with Crippen molar-refractivity contribution in [2.75, 3.05) is 5.01 Å². The van der Waals surface area contributed by atoms with Crippen LogP contribution in [0.15, 0.2) is 89.5 Å². The highest BCUT2D eigenvalue weighted by molar-refractivity contribution is 6.32. The van der Waals surface area contributed by atoms with E-state index in [1.54, 1.807) is 24.3 Å². The van der Waals surface area contributed by atoms with Gasteiger partial charge < -0.3 is 4.74 Å². The van der Waals surface area contributed by atoms with Gasteiger partial charge in [-0.25, -0.2) is 0 Å². The minimum absolute atomic E-state index is 0.158. The second kappa shape index (κ2) is 8.33. The highest BCUT2D eigenvalue weighted by Crippen LogP contribution is 2.26. The Bertz CT molecular complexity index is 1070. The molecule has 5 heteroatoms. The Hall–Kier alpha value is -3.37. The molecule has 0 fully saturated rings. The molecular weight excluding hydrogens is 384 g/mol. The normalized spacial score (nSPS) is 15.0. The molecule has 0 saturated carbocycles. The van der Waals surface area contributed by atoms with Gasteiger partial charge in [0.1, 0.15) is 12.4 Å². The van der Waals surface area contributed by atoms with Gasteiger partial charge in [-0.3, -0.25) is 4.79 Å². The molecule has 3 aromatic carbocycles. The van der Waals surface area contributed by atoms with Gasteiger partial charge >= 0.3 is 0 Å². The molecule has 144 valence electrons. The monoisotopic (exact) mass is 402 g/mol. The summed E-state index contributed by atoms with van der Waals surface area (Å²) in [5.41, 5.74) is 3.95. The fraction of sp³-hybridized carbons (Fsp3) is 0.0833. The zero-order chi connectivity index (χ0) is 20.2. The van der Waals surface area contributed by atoms with Crippen LogP contribution in [0.25, 0.3) is 6.08 Å². The van der Waals surface area contributed by atoms with Crippen molar-refractivity contribution >= 4 is 35.0 Å². The summed E-state index contributed by atoms with van der Waals surface area (Å²) in [4.78, 5) is 12.8. The first-order valence-corrected chi connectivity index (χ1v) is 9.62. The van der Waals surface area contributed by atoms with E-state index in [4.69, 9.17) is 16.3 Å². The van der Waals surface area contributed by atoms with Crippen molar-refractivity contribution < 1.29 is 9.53 Å². The van der Waals surface area contributed by atoms with E-state index in [0.717, 1.165) is 16.9 Å². The van der Waals surface area contributed by atoms with Crippen LogP contribution in [-0.2, 0) is 11.4 Å². The molecule has 0 radical (unpaired) electrons. The Kier molecular flexibility index (Phi) is 5.45. The Morgan fingerprint density at radius 3 is 2.34 bits per heavy atom. The average molecular weight is 403 g/mol. The molecule has 0 unspecified atom stereocenters. The van der Waals surface area contributed by atoms with E-state index >= 15 is 0 Å². The molecule has 0 atom stereocenters. The number of carbonyl (C=O) groups excluding carboxylic acids is 1. The maximum Gasteiger partial charge on any atom is 0.280 e. The smallest absolute Gasteiger partial charge is 0.280 e. The summed E-state index contributed by atoms with van der Waals surface area (Å²) in [5.74, 6) is 0.621. The van der Waals surface area contributed by atoms with Gasteiger partial charge in [-0.15, -0.1) is 0 Å². The standard InChI is InChI=1S/C24H19ClN2O2/c1-17-23(24(28)27(26-17)21-11-9-20(25)10-12-21)15-18-7-13-22(14-8-18)29-16-19-5-3-2-4-6-19/h2-15H,16H2,1H3/b23-15+. The van der Waals surface area contributed by atoms with Crippen molar-refractivity contribution in [3.05, 3.63) is 101 Å². The summed E-state index contributed by atoms with van der Waals surface area (Å²) in [6.07, 6.45) is 1.85. The van der Waals surface area contributed by atoms with Crippen molar-refractivity contribution in [3.8, 4) is 5.75 Å². The highest BCUT2D eigenvalue weighted by atomic mass is 35.5. The van der Waals surface area contributed by atoms with Crippen LogP contribution >= 0.6 is 11.6 Å². The zero-order valence-electron chi connectivity index (χ0n) is 15.9. The third-order valence-corrected chi connectivity index (χ3v) is 4.83. The first kappa shape index (κ1) is 19.0.